The van der Waals surface area contributed by atoms with Gasteiger partial charge in [-0.25, -0.2) is 0 Å². The number of aliphatic hydroxyl groups is 1. The molecule has 2 saturated heterocycles. The molecule has 2 unspecified atom stereocenters. The lowest BCUT2D eigenvalue weighted by molar-refractivity contribution is -0.140. The predicted molar refractivity (Wildman–Crippen MR) is 123 cm³/mol. The number of likely N-dealkylation sites (tertiary alicyclic amines) is 1. The third-order valence-corrected chi connectivity index (χ3v) is 6.14. The molecule has 4 rings (SSSR count). The summed E-state index contributed by atoms with van der Waals surface area (Å²) >= 11 is 0. The number of Topliss-reactive ketones (excluding diaryl/α,β-unsaturated/α-hetero) is 1. The highest BCUT2D eigenvalue weighted by molar-refractivity contribution is 6.46. The number of ether oxygens (including phenoxy) is 3. The number of aliphatic hydroxyl groups excluding tert-OH is 1. The number of rotatable bonds is 7. The standard InChI is InChI=1S/C26H29NO6/c1-4-32-21-12-9-18(14-16(21)2)24(28)22-23(17-7-10-19(31-3)11-8-17)27(26(30)25(22)29)15-20-6-5-13-33-20/h7-12,14,20,23,28H,4-6,13,15H2,1-3H3/b24-22-. The molecule has 0 radical (unpaired) electrons. The summed E-state index contributed by atoms with van der Waals surface area (Å²) in [4.78, 5) is 27.8. The fraction of sp³-hybridized carbons (Fsp3) is 0.385. The Kier molecular flexibility index (Phi) is 6.70. The third kappa shape index (κ3) is 4.46. The van der Waals surface area contributed by atoms with Crippen molar-refractivity contribution in [2.24, 2.45) is 0 Å². The van der Waals surface area contributed by atoms with Crippen LogP contribution in [0.2, 0.25) is 0 Å². The van der Waals surface area contributed by atoms with Crippen LogP contribution in [0.5, 0.6) is 11.5 Å². The Labute approximate surface area is 193 Å². The summed E-state index contributed by atoms with van der Waals surface area (Å²) in [5.74, 6) is -0.153. The van der Waals surface area contributed by atoms with Crippen LogP contribution in [0, 0.1) is 6.92 Å². The van der Waals surface area contributed by atoms with Gasteiger partial charge in [-0.2, -0.15) is 0 Å². The number of benzene rings is 2. The fourth-order valence-electron chi connectivity index (χ4n) is 4.48. The number of ketones is 1. The van der Waals surface area contributed by atoms with Gasteiger partial charge < -0.3 is 24.2 Å². The average Bonchev–Trinajstić information content (AvgIpc) is 3.42. The summed E-state index contributed by atoms with van der Waals surface area (Å²) in [5, 5.41) is 11.2. The van der Waals surface area contributed by atoms with E-state index < -0.39 is 17.7 Å². The van der Waals surface area contributed by atoms with Crippen LogP contribution in [0.3, 0.4) is 0 Å². The van der Waals surface area contributed by atoms with Gasteiger partial charge in [0.25, 0.3) is 11.7 Å². The van der Waals surface area contributed by atoms with Crippen LogP contribution >= 0.6 is 0 Å². The van der Waals surface area contributed by atoms with Crippen LogP contribution < -0.4 is 9.47 Å². The minimum absolute atomic E-state index is 0.0757. The zero-order valence-electron chi connectivity index (χ0n) is 19.2. The Hall–Kier alpha value is -3.32. The fourth-order valence-corrected chi connectivity index (χ4v) is 4.48. The van der Waals surface area contributed by atoms with Crippen molar-refractivity contribution in [1.82, 2.24) is 4.90 Å². The molecule has 0 saturated carbocycles. The first-order chi connectivity index (χ1) is 15.9. The molecule has 2 aliphatic rings. The monoisotopic (exact) mass is 451 g/mol. The quantitative estimate of drug-likeness (QED) is 0.389. The van der Waals surface area contributed by atoms with Gasteiger partial charge in [0.05, 0.1) is 31.4 Å². The molecule has 2 fully saturated rings. The number of hydrogen-bond acceptors (Lipinski definition) is 6. The van der Waals surface area contributed by atoms with Gasteiger partial charge >= 0.3 is 0 Å². The minimum Gasteiger partial charge on any atom is -0.507 e. The van der Waals surface area contributed by atoms with Gasteiger partial charge in [-0.3, -0.25) is 9.59 Å². The van der Waals surface area contributed by atoms with Gasteiger partial charge in [-0.1, -0.05) is 12.1 Å². The first-order valence-electron chi connectivity index (χ1n) is 11.2. The number of hydrogen-bond donors (Lipinski definition) is 1. The molecular weight excluding hydrogens is 422 g/mol. The number of amides is 1. The molecule has 33 heavy (non-hydrogen) atoms. The van der Waals surface area contributed by atoms with Crippen LogP contribution in [0.1, 0.15) is 42.5 Å². The van der Waals surface area contributed by atoms with Crippen LogP contribution in [0.25, 0.3) is 5.76 Å². The lowest BCUT2D eigenvalue weighted by atomic mass is 9.94. The molecule has 7 heteroatoms. The molecule has 0 spiro atoms. The van der Waals surface area contributed by atoms with Crippen LogP contribution in [0.4, 0.5) is 0 Å². The largest absolute Gasteiger partial charge is 0.507 e. The van der Waals surface area contributed by atoms with E-state index in [4.69, 9.17) is 14.2 Å². The van der Waals surface area contributed by atoms with E-state index in [2.05, 4.69) is 0 Å². The highest BCUT2D eigenvalue weighted by Gasteiger charge is 2.47. The summed E-state index contributed by atoms with van der Waals surface area (Å²) in [6, 6.07) is 11.7. The molecule has 1 N–H and O–H groups in total. The van der Waals surface area contributed by atoms with Crippen molar-refractivity contribution in [3.8, 4) is 11.5 Å². The molecule has 2 aromatic rings. The zero-order chi connectivity index (χ0) is 23.5. The van der Waals surface area contributed by atoms with Gasteiger partial charge in [0.1, 0.15) is 17.3 Å². The second-order valence-electron chi connectivity index (χ2n) is 8.27. The number of carbonyl (C=O) groups is 2. The smallest absolute Gasteiger partial charge is 0.295 e. The van der Waals surface area contributed by atoms with Crippen molar-refractivity contribution in [1.29, 1.82) is 0 Å². The zero-order valence-corrected chi connectivity index (χ0v) is 19.2. The van der Waals surface area contributed by atoms with E-state index in [0.29, 0.717) is 36.8 Å². The van der Waals surface area contributed by atoms with Crippen molar-refractivity contribution in [2.75, 3.05) is 26.9 Å². The Morgan fingerprint density at radius 3 is 2.55 bits per heavy atom. The molecule has 7 nitrogen and oxygen atoms in total. The van der Waals surface area contributed by atoms with E-state index in [-0.39, 0.29) is 17.4 Å². The van der Waals surface area contributed by atoms with E-state index in [1.807, 2.05) is 26.0 Å². The van der Waals surface area contributed by atoms with E-state index in [1.165, 1.54) is 4.90 Å². The summed E-state index contributed by atoms with van der Waals surface area (Å²) < 4.78 is 16.6. The van der Waals surface area contributed by atoms with E-state index in [0.717, 1.165) is 24.0 Å². The summed E-state index contributed by atoms with van der Waals surface area (Å²) in [7, 11) is 1.58. The average molecular weight is 452 g/mol. The van der Waals surface area contributed by atoms with Crippen molar-refractivity contribution >= 4 is 17.4 Å². The Morgan fingerprint density at radius 1 is 1.18 bits per heavy atom. The maximum Gasteiger partial charge on any atom is 0.295 e. The SMILES string of the molecule is CCOc1ccc(/C(O)=C2/C(=O)C(=O)N(CC3CCCO3)C2c2ccc(OC)cc2)cc1C. The molecule has 0 aromatic heterocycles. The Bertz CT molecular complexity index is 1070. The predicted octanol–water partition coefficient (Wildman–Crippen LogP) is 4.00. The molecule has 1 amide bonds. The highest BCUT2D eigenvalue weighted by Crippen LogP contribution is 2.41. The Balaban J connectivity index is 1.79. The van der Waals surface area contributed by atoms with Crippen LogP contribution in [-0.2, 0) is 14.3 Å². The number of carbonyl (C=O) groups excluding carboxylic acids is 2. The van der Waals surface area contributed by atoms with Gasteiger partial charge in [-0.05, 0) is 68.1 Å². The topological polar surface area (TPSA) is 85.3 Å². The van der Waals surface area contributed by atoms with Crippen molar-refractivity contribution in [2.45, 2.75) is 38.8 Å². The van der Waals surface area contributed by atoms with Gasteiger partial charge in [0.2, 0.25) is 0 Å². The minimum atomic E-state index is -0.716. The maximum atomic E-state index is 13.2. The molecule has 2 atom stereocenters. The molecule has 0 bridgehead atoms. The first kappa shape index (κ1) is 22.9. The molecule has 0 aliphatic carbocycles. The van der Waals surface area contributed by atoms with Gasteiger partial charge in [0, 0.05) is 18.7 Å². The number of methoxy groups -OCH3 is 1. The molecule has 174 valence electrons. The molecule has 2 heterocycles. The molecule has 2 aliphatic heterocycles. The van der Waals surface area contributed by atoms with E-state index in [1.54, 1.807) is 37.4 Å². The Morgan fingerprint density at radius 2 is 1.94 bits per heavy atom. The third-order valence-electron chi connectivity index (χ3n) is 6.14. The van der Waals surface area contributed by atoms with E-state index >= 15 is 0 Å². The van der Waals surface area contributed by atoms with E-state index in [9.17, 15) is 14.7 Å². The van der Waals surface area contributed by atoms with Crippen molar-refractivity contribution in [3.63, 3.8) is 0 Å². The lowest BCUT2D eigenvalue weighted by Gasteiger charge is -2.27. The number of aryl methyl sites for hydroxylation is 1. The second-order valence-corrected chi connectivity index (χ2v) is 8.27. The van der Waals surface area contributed by atoms with Crippen molar-refractivity contribution < 1.29 is 28.9 Å². The van der Waals surface area contributed by atoms with Gasteiger partial charge in [-0.15, -0.1) is 0 Å². The maximum absolute atomic E-state index is 13.2. The first-order valence-corrected chi connectivity index (χ1v) is 11.2. The van der Waals surface area contributed by atoms with Gasteiger partial charge in [0.15, 0.2) is 0 Å². The second kappa shape index (κ2) is 9.67. The summed E-state index contributed by atoms with van der Waals surface area (Å²) in [6.07, 6.45) is 1.63. The van der Waals surface area contributed by atoms with Crippen LogP contribution in [-0.4, -0.2) is 54.7 Å². The normalized spacial score (nSPS) is 22.1. The number of nitrogens with zero attached hydrogens (tertiary/aromatic N) is 1. The molecular formula is C26H29NO6. The van der Waals surface area contributed by atoms with Crippen LogP contribution in [0.15, 0.2) is 48.0 Å². The summed E-state index contributed by atoms with van der Waals surface area (Å²) in [6.45, 7) is 5.24. The van der Waals surface area contributed by atoms with Crippen molar-refractivity contribution in [3.05, 3.63) is 64.7 Å². The molecule has 2 aromatic carbocycles. The lowest BCUT2D eigenvalue weighted by Crippen LogP contribution is -2.36. The highest BCUT2D eigenvalue weighted by atomic mass is 16.5. The summed E-state index contributed by atoms with van der Waals surface area (Å²) in [5.41, 5.74) is 2.09.